The fourth-order valence-electron chi connectivity index (χ4n) is 1.57. The monoisotopic (exact) mass is 282 g/mol. The predicted octanol–water partition coefficient (Wildman–Crippen LogP) is 2.29. The zero-order valence-corrected chi connectivity index (χ0v) is 9.98. The van der Waals surface area contributed by atoms with Gasteiger partial charge in [0.1, 0.15) is 17.3 Å². The highest BCUT2D eigenvalue weighted by Gasteiger charge is 2.13. The highest BCUT2D eigenvalue weighted by Crippen LogP contribution is 2.26. The van der Waals surface area contributed by atoms with Gasteiger partial charge in [-0.15, -0.1) is 0 Å². The lowest BCUT2D eigenvalue weighted by Gasteiger charge is -2.09. The van der Waals surface area contributed by atoms with Crippen LogP contribution in [-0.2, 0) is 4.79 Å². The van der Waals surface area contributed by atoms with E-state index < -0.39 is 17.9 Å². The molecule has 2 aromatic heterocycles. The van der Waals surface area contributed by atoms with Crippen LogP contribution < -0.4 is 10.9 Å². The van der Waals surface area contributed by atoms with Crippen molar-refractivity contribution in [3.8, 4) is 11.1 Å². The molecule has 2 heterocycles. The van der Waals surface area contributed by atoms with Crippen molar-refractivity contribution in [3.63, 3.8) is 0 Å². The topological polar surface area (TPSA) is 66.9 Å². The van der Waals surface area contributed by atoms with E-state index in [1.54, 1.807) is 0 Å². The van der Waals surface area contributed by atoms with Gasteiger partial charge in [-0.25, -0.2) is 18.2 Å². The minimum absolute atomic E-state index is 0.00848. The van der Waals surface area contributed by atoms with Crippen LogP contribution in [0.2, 0.25) is 0 Å². The normalized spacial score (nSPS) is 10.4. The van der Waals surface area contributed by atoms with E-state index in [1.165, 1.54) is 12.3 Å². The first kappa shape index (κ1) is 13.8. The SMILES string of the molecule is O=CNNc1cc(-c2cncc(F)c2)cc(C(F)F)n1. The number of nitrogens with one attached hydrogen (secondary N) is 2. The summed E-state index contributed by atoms with van der Waals surface area (Å²) in [5, 5.41) is 0. The van der Waals surface area contributed by atoms with E-state index in [9.17, 15) is 18.0 Å². The zero-order valence-electron chi connectivity index (χ0n) is 9.98. The van der Waals surface area contributed by atoms with Crippen LogP contribution in [-0.4, -0.2) is 16.4 Å². The molecule has 104 valence electrons. The summed E-state index contributed by atoms with van der Waals surface area (Å²) in [4.78, 5) is 17.5. The van der Waals surface area contributed by atoms with Crippen molar-refractivity contribution in [2.24, 2.45) is 0 Å². The number of hydrazine groups is 1. The lowest BCUT2D eigenvalue weighted by Crippen LogP contribution is -2.20. The Balaban J connectivity index is 2.45. The fourth-order valence-corrected chi connectivity index (χ4v) is 1.57. The lowest BCUT2D eigenvalue weighted by molar-refractivity contribution is -0.109. The number of carbonyl (C=O) groups excluding carboxylic acids is 1. The average molecular weight is 282 g/mol. The van der Waals surface area contributed by atoms with Crippen LogP contribution in [0.5, 0.6) is 0 Å². The Hall–Kier alpha value is -2.64. The van der Waals surface area contributed by atoms with Crippen LogP contribution in [0.1, 0.15) is 12.1 Å². The molecule has 20 heavy (non-hydrogen) atoms. The maximum Gasteiger partial charge on any atom is 0.280 e. The number of rotatable bonds is 5. The smallest absolute Gasteiger partial charge is 0.280 e. The van der Waals surface area contributed by atoms with Crippen LogP contribution in [0.4, 0.5) is 19.0 Å². The van der Waals surface area contributed by atoms with Crippen LogP contribution >= 0.6 is 0 Å². The summed E-state index contributed by atoms with van der Waals surface area (Å²) in [5.74, 6) is -0.576. The highest BCUT2D eigenvalue weighted by atomic mass is 19.3. The molecule has 5 nitrogen and oxygen atoms in total. The minimum atomic E-state index is -2.80. The van der Waals surface area contributed by atoms with Gasteiger partial charge in [-0.1, -0.05) is 0 Å². The molecule has 2 aromatic rings. The largest absolute Gasteiger partial charge is 0.282 e. The Kier molecular flexibility index (Phi) is 4.14. The van der Waals surface area contributed by atoms with Crippen LogP contribution in [0, 0.1) is 5.82 Å². The van der Waals surface area contributed by atoms with Crippen molar-refractivity contribution < 1.29 is 18.0 Å². The molecular formula is C12H9F3N4O. The van der Waals surface area contributed by atoms with E-state index in [2.05, 4.69) is 20.8 Å². The number of hydrogen-bond donors (Lipinski definition) is 2. The van der Waals surface area contributed by atoms with Crippen molar-refractivity contribution >= 4 is 12.2 Å². The number of pyridine rings is 2. The summed E-state index contributed by atoms with van der Waals surface area (Å²) < 4.78 is 38.7. The number of alkyl halides is 2. The molecule has 8 heteroatoms. The van der Waals surface area contributed by atoms with E-state index in [0.29, 0.717) is 17.5 Å². The number of nitrogens with zero attached hydrogens (tertiary/aromatic N) is 2. The van der Waals surface area contributed by atoms with Crippen molar-refractivity contribution in [1.29, 1.82) is 0 Å². The molecule has 0 bridgehead atoms. The summed E-state index contributed by atoms with van der Waals surface area (Å²) >= 11 is 0. The van der Waals surface area contributed by atoms with E-state index in [0.717, 1.165) is 18.3 Å². The van der Waals surface area contributed by atoms with E-state index in [4.69, 9.17) is 0 Å². The first-order valence-electron chi connectivity index (χ1n) is 5.46. The van der Waals surface area contributed by atoms with E-state index >= 15 is 0 Å². The van der Waals surface area contributed by atoms with Gasteiger partial charge >= 0.3 is 0 Å². The zero-order chi connectivity index (χ0) is 14.5. The van der Waals surface area contributed by atoms with E-state index in [-0.39, 0.29) is 5.82 Å². The highest BCUT2D eigenvalue weighted by molar-refractivity contribution is 5.66. The number of aromatic nitrogens is 2. The first-order valence-corrected chi connectivity index (χ1v) is 5.46. The Morgan fingerprint density at radius 2 is 1.95 bits per heavy atom. The molecule has 0 saturated heterocycles. The Bertz CT molecular complexity index is 621. The standard InChI is InChI=1S/C12H9F3N4O/c13-9-1-8(4-16-5-9)7-2-10(12(14)15)18-11(3-7)19-17-6-20/h1-6,12H,(H,17,20)(H,18,19). The number of carbonyl (C=O) groups is 1. The number of halogens is 3. The first-order chi connectivity index (χ1) is 9.60. The molecule has 0 aliphatic carbocycles. The number of amides is 1. The van der Waals surface area contributed by atoms with Gasteiger partial charge in [0.2, 0.25) is 6.41 Å². The van der Waals surface area contributed by atoms with Gasteiger partial charge in [-0.2, -0.15) is 0 Å². The van der Waals surface area contributed by atoms with Crippen molar-refractivity contribution in [1.82, 2.24) is 15.4 Å². The van der Waals surface area contributed by atoms with E-state index in [1.807, 2.05) is 0 Å². The molecule has 2 rings (SSSR count). The number of hydrogen-bond acceptors (Lipinski definition) is 4. The Labute approximate surface area is 111 Å². The van der Waals surface area contributed by atoms with Gasteiger partial charge in [0.05, 0.1) is 6.20 Å². The molecular weight excluding hydrogens is 273 g/mol. The van der Waals surface area contributed by atoms with Crippen molar-refractivity contribution in [2.45, 2.75) is 6.43 Å². The fraction of sp³-hybridized carbons (Fsp3) is 0.0833. The van der Waals surface area contributed by atoms with Gasteiger partial charge in [-0.3, -0.25) is 20.6 Å². The third-order valence-electron chi connectivity index (χ3n) is 2.37. The molecule has 0 aromatic carbocycles. The molecule has 0 fully saturated rings. The molecule has 1 amide bonds. The van der Waals surface area contributed by atoms with Crippen LogP contribution in [0.25, 0.3) is 11.1 Å². The minimum Gasteiger partial charge on any atom is -0.282 e. The van der Waals surface area contributed by atoms with Crippen LogP contribution in [0.15, 0.2) is 30.6 Å². The second kappa shape index (κ2) is 6.00. The molecule has 0 saturated carbocycles. The van der Waals surface area contributed by atoms with Crippen molar-refractivity contribution in [2.75, 3.05) is 5.43 Å². The molecule has 0 radical (unpaired) electrons. The summed E-state index contributed by atoms with van der Waals surface area (Å²) in [6.07, 6.45) is -0.121. The lowest BCUT2D eigenvalue weighted by atomic mass is 10.1. The molecule has 2 N–H and O–H groups in total. The number of anilines is 1. The summed E-state index contributed by atoms with van der Waals surface area (Å²) in [7, 11) is 0. The molecule has 0 unspecified atom stereocenters. The second-order valence-electron chi connectivity index (χ2n) is 3.75. The molecule has 0 aliphatic rings. The average Bonchev–Trinajstić information content (AvgIpc) is 2.44. The summed E-state index contributed by atoms with van der Waals surface area (Å²) in [6.45, 7) is 0. The second-order valence-corrected chi connectivity index (χ2v) is 3.75. The molecule has 0 spiro atoms. The van der Waals surface area contributed by atoms with Gasteiger partial charge < -0.3 is 0 Å². The Morgan fingerprint density at radius 1 is 1.15 bits per heavy atom. The molecule has 0 atom stereocenters. The van der Waals surface area contributed by atoms with Crippen LogP contribution in [0.3, 0.4) is 0 Å². The quantitative estimate of drug-likeness (QED) is 0.652. The summed E-state index contributed by atoms with van der Waals surface area (Å²) in [6, 6.07) is 3.68. The van der Waals surface area contributed by atoms with Gasteiger partial charge in [0.15, 0.2) is 0 Å². The third-order valence-corrected chi connectivity index (χ3v) is 2.37. The summed E-state index contributed by atoms with van der Waals surface area (Å²) in [5.41, 5.74) is 4.56. The van der Waals surface area contributed by atoms with Crippen molar-refractivity contribution in [3.05, 3.63) is 42.1 Å². The van der Waals surface area contributed by atoms with Gasteiger partial charge in [0.25, 0.3) is 6.43 Å². The predicted molar refractivity (Wildman–Crippen MR) is 65.2 cm³/mol. The maximum absolute atomic E-state index is 13.1. The van der Waals surface area contributed by atoms with Gasteiger partial charge in [-0.05, 0) is 23.8 Å². The maximum atomic E-state index is 13.1. The Morgan fingerprint density at radius 3 is 2.60 bits per heavy atom. The van der Waals surface area contributed by atoms with Gasteiger partial charge in [0, 0.05) is 11.8 Å². The molecule has 0 aliphatic heterocycles. The third kappa shape index (κ3) is 3.22.